The minimum Gasteiger partial charge on any atom is -0.327 e. The fraction of sp³-hybridized carbons (Fsp3) is 0.647. The molecule has 0 aliphatic rings. The third-order valence-corrected chi connectivity index (χ3v) is 3.69. The predicted octanol–water partition coefficient (Wildman–Crippen LogP) is 4.98. The molecular weight excluding hydrogens is 256 g/mol. The Labute approximate surface area is 121 Å². The molecule has 0 saturated heterocycles. The summed E-state index contributed by atoms with van der Waals surface area (Å²) in [6.45, 7) is 2.21. The minimum absolute atomic E-state index is 0.0815. The summed E-state index contributed by atoms with van der Waals surface area (Å²) in [5, 5.41) is 0. The van der Waals surface area contributed by atoms with Crippen molar-refractivity contribution in [3.63, 3.8) is 0 Å². The lowest BCUT2D eigenvalue weighted by Crippen LogP contribution is -2.23. The van der Waals surface area contributed by atoms with Crippen LogP contribution in [0.2, 0.25) is 0 Å². The molecule has 1 atom stereocenters. The molecule has 1 rings (SSSR count). The van der Waals surface area contributed by atoms with Crippen LogP contribution in [-0.2, 0) is 6.42 Å². The van der Waals surface area contributed by atoms with Crippen LogP contribution in [0.25, 0.3) is 0 Å². The average molecular weight is 283 g/mol. The SMILES string of the molecule is CCCCCCCCCC(N)Cc1cccc(F)c1F. The second-order valence-corrected chi connectivity index (χ2v) is 5.59. The summed E-state index contributed by atoms with van der Waals surface area (Å²) >= 11 is 0. The van der Waals surface area contributed by atoms with Crippen molar-refractivity contribution < 1.29 is 8.78 Å². The molecule has 0 bridgehead atoms. The molecule has 1 aromatic carbocycles. The van der Waals surface area contributed by atoms with E-state index in [-0.39, 0.29) is 6.04 Å². The van der Waals surface area contributed by atoms with E-state index in [4.69, 9.17) is 5.73 Å². The predicted molar refractivity (Wildman–Crippen MR) is 80.6 cm³/mol. The van der Waals surface area contributed by atoms with Gasteiger partial charge in [0.2, 0.25) is 0 Å². The Balaban J connectivity index is 2.17. The van der Waals surface area contributed by atoms with E-state index in [1.807, 2.05) is 0 Å². The van der Waals surface area contributed by atoms with Gasteiger partial charge in [0.15, 0.2) is 11.6 Å². The molecule has 0 aliphatic carbocycles. The van der Waals surface area contributed by atoms with Crippen LogP contribution in [0.5, 0.6) is 0 Å². The van der Waals surface area contributed by atoms with Gasteiger partial charge in [0, 0.05) is 6.04 Å². The molecule has 3 heteroatoms. The molecule has 0 fully saturated rings. The van der Waals surface area contributed by atoms with Gasteiger partial charge in [-0.25, -0.2) is 8.78 Å². The summed E-state index contributed by atoms with van der Waals surface area (Å²) in [7, 11) is 0. The Bertz CT molecular complexity index is 379. The van der Waals surface area contributed by atoms with E-state index >= 15 is 0 Å². The number of halogens is 2. The number of rotatable bonds is 10. The number of benzene rings is 1. The largest absolute Gasteiger partial charge is 0.327 e. The Hall–Kier alpha value is -0.960. The maximum absolute atomic E-state index is 13.5. The summed E-state index contributed by atoms with van der Waals surface area (Å²) < 4.78 is 26.6. The first-order chi connectivity index (χ1) is 9.65. The third-order valence-electron chi connectivity index (χ3n) is 3.69. The van der Waals surface area contributed by atoms with Crippen LogP contribution in [0.4, 0.5) is 8.78 Å². The summed E-state index contributed by atoms with van der Waals surface area (Å²) in [4.78, 5) is 0. The highest BCUT2D eigenvalue weighted by Crippen LogP contribution is 2.15. The van der Waals surface area contributed by atoms with Gasteiger partial charge in [-0.2, -0.15) is 0 Å². The first-order valence-electron chi connectivity index (χ1n) is 7.83. The van der Waals surface area contributed by atoms with E-state index < -0.39 is 11.6 Å². The van der Waals surface area contributed by atoms with Crippen molar-refractivity contribution in [2.75, 3.05) is 0 Å². The van der Waals surface area contributed by atoms with Crippen molar-refractivity contribution in [2.24, 2.45) is 5.73 Å². The van der Waals surface area contributed by atoms with Gasteiger partial charge in [0.05, 0.1) is 0 Å². The molecule has 0 saturated carbocycles. The molecule has 0 heterocycles. The van der Waals surface area contributed by atoms with Crippen LogP contribution in [0, 0.1) is 11.6 Å². The van der Waals surface area contributed by atoms with Crippen LogP contribution in [0.15, 0.2) is 18.2 Å². The molecule has 114 valence electrons. The molecule has 0 radical (unpaired) electrons. The van der Waals surface area contributed by atoms with Crippen LogP contribution >= 0.6 is 0 Å². The molecule has 0 amide bonds. The summed E-state index contributed by atoms with van der Waals surface area (Å²) in [5.74, 6) is -1.53. The first kappa shape index (κ1) is 17.1. The van der Waals surface area contributed by atoms with Gasteiger partial charge < -0.3 is 5.73 Å². The van der Waals surface area contributed by atoms with Crippen molar-refractivity contribution >= 4 is 0 Å². The van der Waals surface area contributed by atoms with E-state index in [0.29, 0.717) is 12.0 Å². The zero-order valence-electron chi connectivity index (χ0n) is 12.5. The molecule has 1 unspecified atom stereocenters. The lowest BCUT2D eigenvalue weighted by Gasteiger charge is -2.12. The van der Waals surface area contributed by atoms with Gasteiger partial charge in [-0.05, 0) is 24.5 Å². The van der Waals surface area contributed by atoms with E-state index in [1.165, 1.54) is 44.6 Å². The van der Waals surface area contributed by atoms with Crippen LogP contribution in [0.1, 0.15) is 63.9 Å². The Morgan fingerprint density at radius 2 is 1.65 bits per heavy atom. The highest BCUT2D eigenvalue weighted by Gasteiger charge is 2.11. The van der Waals surface area contributed by atoms with E-state index in [9.17, 15) is 8.78 Å². The van der Waals surface area contributed by atoms with Gasteiger partial charge in [0.25, 0.3) is 0 Å². The zero-order chi connectivity index (χ0) is 14.8. The number of hydrogen-bond donors (Lipinski definition) is 1. The lowest BCUT2D eigenvalue weighted by molar-refractivity contribution is 0.483. The van der Waals surface area contributed by atoms with Gasteiger partial charge in [-0.15, -0.1) is 0 Å². The number of hydrogen-bond acceptors (Lipinski definition) is 1. The van der Waals surface area contributed by atoms with Gasteiger partial charge in [-0.1, -0.05) is 64.0 Å². The van der Waals surface area contributed by atoms with Gasteiger partial charge >= 0.3 is 0 Å². The van der Waals surface area contributed by atoms with Crippen molar-refractivity contribution in [3.8, 4) is 0 Å². The molecule has 0 aliphatic heterocycles. The standard InChI is InChI=1S/C17H27F2N/c1-2-3-4-5-6-7-8-11-15(20)13-14-10-9-12-16(18)17(14)19/h9-10,12,15H,2-8,11,13,20H2,1H3. The Morgan fingerprint density at radius 3 is 2.35 bits per heavy atom. The maximum Gasteiger partial charge on any atom is 0.162 e. The summed E-state index contributed by atoms with van der Waals surface area (Å²) in [6.07, 6.45) is 10.00. The fourth-order valence-corrected chi connectivity index (χ4v) is 2.45. The molecule has 1 nitrogen and oxygen atoms in total. The maximum atomic E-state index is 13.5. The molecule has 0 aromatic heterocycles. The Morgan fingerprint density at radius 1 is 1.00 bits per heavy atom. The topological polar surface area (TPSA) is 26.0 Å². The van der Waals surface area contributed by atoms with Crippen molar-refractivity contribution in [3.05, 3.63) is 35.4 Å². The quantitative estimate of drug-likeness (QED) is 0.602. The first-order valence-corrected chi connectivity index (χ1v) is 7.83. The molecular formula is C17H27F2N. The second-order valence-electron chi connectivity index (χ2n) is 5.59. The van der Waals surface area contributed by atoms with E-state index in [1.54, 1.807) is 6.07 Å². The summed E-state index contributed by atoms with van der Waals surface area (Å²) in [5.41, 5.74) is 6.39. The molecule has 0 spiro atoms. The molecule has 20 heavy (non-hydrogen) atoms. The van der Waals surface area contributed by atoms with Gasteiger partial charge in [0.1, 0.15) is 0 Å². The summed E-state index contributed by atoms with van der Waals surface area (Å²) in [6, 6.07) is 4.21. The van der Waals surface area contributed by atoms with Crippen LogP contribution in [0.3, 0.4) is 0 Å². The van der Waals surface area contributed by atoms with Crippen LogP contribution < -0.4 is 5.73 Å². The van der Waals surface area contributed by atoms with Crippen molar-refractivity contribution in [1.29, 1.82) is 0 Å². The third kappa shape index (κ3) is 6.47. The Kier molecular flexibility index (Phi) is 8.43. The fourth-order valence-electron chi connectivity index (χ4n) is 2.45. The van der Waals surface area contributed by atoms with Crippen molar-refractivity contribution in [2.45, 2.75) is 70.8 Å². The highest BCUT2D eigenvalue weighted by molar-refractivity contribution is 5.19. The average Bonchev–Trinajstić information content (AvgIpc) is 2.43. The van der Waals surface area contributed by atoms with Gasteiger partial charge in [-0.3, -0.25) is 0 Å². The van der Waals surface area contributed by atoms with Crippen molar-refractivity contribution in [1.82, 2.24) is 0 Å². The van der Waals surface area contributed by atoms with E-state index in [0.717, 1.165) is 18.9 Å². The smallest absolute Gasteiger partial charge is 0.162 e. The van der Waals surface area contributed by atoms with E-state index in [2.05, 4.69) is 6.92 Å². The zero-order valence-corrected chi connectivity index (χ0v) is 12.5. The molecule has 2 N–H and O–H groups in total. The van der Waals surface area contributed by atoms with Crippen LogP contribution in [-0.4, -0.2) is 6.04 Å². The second kappa shape index (κ2) is 9.87. The number of nitrogens with two attached hydrogens (primary N) is 1. The minimum atomic E-state index is -0.786. The highest BCUT2D eigenvalue weighted by atomic mass is 19.2. The normalized spacial score (nSPS) is 12.6. The molecule has 1 aromatic rings. The number of unbranched alkanes of at least 4 members (excludes halogenated alkanes) is 6. The lowest BCUT2D eigenvalue weighted by atomic mass is 10.00. The monoisotopic (exact) mass is 283 g/mol.